The predicted molar refractivity (Wildman–Crippen MR) is 50.3 cm³/mol. The molecule has 0 aromatic rings. The molecule has 0 saturated carbocycles. The zero-order valence-electron chi connectivity index (χ0n) is 8.32. The SMILES string of the molecule is CCC1CN(C(C)C(N)=O)CCO1. The van der Waals surface area contributed by atoms with E-state index in [0.717, 1.165) is 19.5 Å². The lowest BCUT2D eigenvalue weighted by molar-refractivity contribution is -0.126. The second-order valence-electron chi connectivity index (χ2n) is 3.47. The number of amides is 1. The highest BCUT2D eigenvalue weighted by Crippen LogP contribution is 2.10. The fourth-order valence-corrected chi connectivity index (χ4v) is 1.52. The molecular formula is C9H18N2O2. The molecule has 1 saturated heterocycles. The molecule has 13 heavy (non-hydrogen) atoms. The Hall–Kier alpha value is -0.610. The van der Waals surface area contributed by atoms with E-state index in [1.54, 1.807) is 0 Å². The maximum absolute atomic E-state index is 10.9. The van der Waals surface area contributed by atoms with E-state index in [1.165, 1.54) is 0 Å². The molecule has 1 amide bonds. The first kappa shape index (κ1) is 10.5. The van der Waals surface area contributed by atoms with Crippen molar-refractivity contribution in [3.05, 3.63) is 0 Å². The molecule has 4 nitrogen and oxygen atoms in total. The van der Waals surface area contributed by atoms with Gasteiger partial charge >= 0.3 is 0 Å². The molecule has 1 aliphatic rings. The standard InChI is InChI=1S/C9H18N2O2/c1-3-8-6-11(4-5-13-8)7(2)9(10)12/h7-8H,3-6H2,1-2H3,(H2,10,12). The molecule has 0 aromatic heterocycles. The van der Waals surface area contributed by atoms with Crippen molar-refractivity contribution in [2.75, 3.05) is 19.7 Å². The van der Waals surface area contributed by atoms with Gasteiger partial charge in [0.2, 0.25) is 5.91 Å². The van der Waals surface area contributed by atoms with Gasteiger partial charge in [-0.3, -0.25) is 9.69 Å². The van der Waals surface area contributed by atoms with Crippen LogP contribution >= 0.6 is 0 Å². The first-order valence-corrected chi connectivity index (χ1v) is 4.80. The lowest BCUT2D eigenvalue weighted by atomic mass is 10.2. The number of carbonyl (C=O) groups excluding carboxylic acids is 1. The summed E-state index contributed by atoms with van der Waals surface area (Å²) in [6, 6.07) is -0.169. The van der Waals surface area contributed by atoms with Crippen LogP contribution in [0.4, 0.5) is 0 Å². The van der Waals surface area contributed by atoms with Crippen molar-refractivity contribution in [1.82, 2.24) is 4.90 Å². The van der Waals surface area contributed by atoms with Crippen LogP contribution in [0.15, 0.2) is 0 Å². The normalized spacial score (nSPS) is 27.1. The van der Waals surface area contributed by atoms with E-state index < -0.39 is 0 Å². The van der Waals surface area contributed by atoms with Crippen LogP contribution in [0.1, 0.15) is 20.3 Å². The summed E-state index contributed by atoms with van der Waals surface area (Å²) in [6.45, 7) is 6.26. The number of ether oxygens (including phenoxy) is 1. The average molecular weight is 186 g/mol. The summed E-state index contributed by atoms with van der Waals surface area (Å²) in [6.07, 6.45) is 1.25. The van der Waals surface area contributed by atoms with Gasteiger partial charge in [-0.1, -0.05) is 6.92 Å². The Morgan fingerprint density at radius 2 is 2.46 bits per heavy atom. The number of nitrogens with zero attached hydrogens (tertiary/aromatic N) is 1. The Balaban J connectivity index is 2.46. The summed E-state index contributed by atoms with van der Waals surface area (Å²) in [5, 5.41) is 0. The molecule has 1 rings (SSSR count). The Bertz CT molecular complexity index is 184. The first-order valence-electron chi connectivity index (χ1n) is 4.80. The number of hydrogen-bond acceptors (Lipinski definition) is 3. The molecule has 2 unspecified atom stereocenters. The van der Waals surface area contributed by atoms with E-state index in [9.17, 15) is 4.79 Å². The van der Waals surface area contributed by atoms with Crippen molar-refractivity contribution < 1.29 is 9.53 Å². The Kier molecular flexibility index (Phi) is 3.69. The molecule has 0 aliphatic carbocycles. The van der Waals surface area contributed by atoms with Gasteiger partial charge in [-0.2, -0.15) is 0 Å². The molecule has 4 heteroatoms. The van der Waals surface area contributed by atoms with Gasteiger partial charge in [-0.15, -0.1) is 0 Å². The monoisotopic (exact) mass is 186 g/mol. The van der Waals surface area contributed by atoms with Crippen LogP contribution in [-0.4, -0.2) is 42.6 Å². The van der Waals surface area contributed by atoms with Gasteiger partial charge in [-0.05, 0) is 13.3 Å². The summed E-state index contributed by atoms with van der Waals surface area (Å²) in [4.78, 5) is 13.0. The zero-order valence-corrected chi connectivity index (χ0v) is 8.32. The minimum Gasteiger partial charge on any atom is -0.376 e. The topological polar surface area (TPSA) is 55.6 Å². The van der Waals surface area contributed by atoms with Gasteiger partial charge in [0, 0.05) is 13.1 Å². The lowest BCUT2D eigenvalue weighted by Crippen LogP contribution is -2.51. The number of hydrogen-bond donors (Lipinski definition) is 1. The molecule has 0 bridgehead atoms. The number of carbonyl (C=O) groups is 1. The highest BCUT2D eigenvalue weighted by atomic mass is 16.5. The molecule has 0 aromatic carbocycles. The average Bonchev–Trinajstić information content (AvgIpc) is 2.16. The van der Waals surface area contributed by atoms with Crippen LogP contribution in [-0.2, 0) is 9.53 Å². The van der Waals surface area contributed by atoms with E-state index >= 15 is 0 Å². The summed E-state index contributed by atoms with van der Waals surface area (Å²) >= 11 is 0. The van der Waals surface area contributed by atoms with Crippen molar-refractivity contribution in [3.63, 3.8) is 0 Å². The maximum atomic E-state index is 10.9. The minimum atomic E-state index is -0.253. The van der Waals surface area contributed by atoms with Gasteiger partial charge in [0.05, 0.1) is 18.8 Å². The molecular weight excluding hydrogens is 168 g/mol. The number of nitrogens with two attached hydrogens (primary N) is 1. The highest BCUT2D eigenvalue weighted by Gasteiger charge is 2.25. The zero-order chi connectivity index (χ0) is 9.84. The van der Waals surface area contributed by atoms with Crippen molar-refractivity contribution in [3.8, 4) is 0 Å². The lowest BCUT2D eigenvalue weighted by Gasteiger charge is -2.35. The van der Waals surface area contributed by atoms with Crippen LogP contribution in [0.2, 0.25) is 0 Å². The van der Waals surface area contributed by atoms with E-state index in [1.807, 2.05) is 6.92 Å². The molecule has 2 atom stereocenters. The van der Waals surface area contributed by atoms with E-state index in [-0.39, 0.29) is 18.1 Å². The summed E-state index contributed by atoms with van der Waals surface area (Å²) in [5.74, 6) is -0.253. The van der Waals surface area contributed by atoms with Crippen LogP contribution in [0.3, 0.4) is 0 Å². The van der Waals surface area contributed by atoms with E-state index in [0.29, 0.717) is 6.61 Å². The predicted octanol–water partition coefficient (Wildman–Crippen LogP) is -0.0290. The quantitative estimate of drug-likeness (QED) is 0.673. The van der Waals surface area contributed by atoms with Crippen LogP contribution in [0.25, 0.3) is 0 Å². The summed E-state index contributed by atoms with van der Waals surface area (Å²) in [5.41, 5.74) is 5.23. The third kappa shape index (κ3) is 2.67. The minimum absolute atomic E-state index is 0.169. The second-order valence-corrected chi connectivity index (χ2v) is 3.47. The first-order chi connectivity index (χ1) is 6.15. The molecule has 1 heterocycles. The van der Waals surface area contributed by atoms with Crippen LogP contribution in [0.5, 0.6) is 0 Å². The van der Waals surface area contributed by atoms with Crippen LogP contribution in [0, 0.1) is 0 Å². The molecule has 2 N–H and O–H groups in total. The molecule has 1 fully saturated rings. The van der Waals surface area contributed by atoms with Crippen molar-refractivity contribution in [2.45, 2.75) is 32.4 Å². The Labute approximate surface area is 79.0 Å². The van der Waals surface area contributed by atoms with Gasteiger partial charge in [0.25, 0.3) is 0 Å². The second kappa shape index (κ2) is 4.58. The van der Waals surface area contributed by atoms with E-state index in [4.69, 9.17) is 10.5 Å². The van der Waals surface area contributed by atoms with Crippen molar-refractivity contribution >= 4 is 5.91 Å². The smallest absolute Gasteiger partial charge is 0.234 e. The maximum Gasteiger partial charge on any atom is 0.234 e. The van der Waals surface area contributed by atoms with Crippen molar-refractivity contribution in [2.24, 2.45) is 5.73 Å². The molecule has 1 aliphatic heterocycles. The van der Waals surface area contributed by atoms with Crippen LogP contribution < -0.4 is 5.73 Å². The molecule has 76 valence electrons. The third-order valence-corrected chi connectivity index (χ3v) is 2.59. The largest absolute Gasteiger partial charge is 0.376 e. The van der Waals surface area contributed by atoms with Gasteiger partial charge < -0.3 is 10.5 Å². The van der Waals surface area contributed by atoms with E-state index in [2.05, 4.69) is 11.8 Å². The third-order valence-electron chi connectivity index (χ3n) is 2.59. The molecule has 0 spiro atoms. The fourth-order valence-electron chi connectivity index (χ4n) is 1.52. The molecule has 0 radical (unpaired) electrons. The van der Waals surface area contributed by atoms with Gasteiger partial charge in [0.1, 0.15) is 0 Å². The number of primary amides is 1. The van der Waals surface area contributed by atoms with Crippen molar-refractivity contribution in [1.29, 1.82) is 0 Å². The Morgan fingerprint density at radius 3 is 3.00 bits per heavy atom. The highest BCUT2D eigenvalue weighted by molar-refractivity contribution is 5.79. The Morgan fingerprint density at radius 1 is 1.77 bits per heavy atom. The van der Waals surface area contributed by atoms with Gasteiger partial charge in [0.15, 0.2) is 0 Å². The fraction of sp³-hybridized carbons (Fsp3) is 0.889. The summed E-state index contributed by atoms with van der Waals surface area (Å²) in [7, 11) is 0. The summed E-state index contributed by atoms with van der Waals surface area (Å²) < 4.78 is 5.49. The van der Waals surface area contributed by atoms with Gasteiger partial charge in [-0.25, -0.2) is 0 Å². The number of rotatable bonds is 3. The number of morpholine rings is 1.